The highest BCUT2D eigenvalue weighted by molar-refractivity contribution is 5.14. The second-order valence-corrected chi connectivity index (χ2v) is 12.8. The van der Waals surface area contributed by atoms with E-state index in [1.54, 1.807) is 0 Å². The summed E-state index contributed by atoms with van der Waals surface area (Å²) in [5.41, 5.74) is 0.443. The molecule has 0 aromatic rings. The number of morpholine rings is 1. The van der Waals surface area contributed by atoms with Gasteiger partial charge < -0.3 is 14.9 Å². The minimum Gasteiger partial charge on any atom is -0.391 e. The van der Waals surface area contributed by atoms with Crippen molar-refractivity contribution in [1.29, 1.82) is 0 Å². The van der Waals surface area contributed by atoms with Crippen LogP contribution in [-0.2, 0) is 4.74 Å². The summed E-state index contributed by atoms with van der Waals surface area (Å²) < 4.78 is 5.64. The lowest BCUT2D eigenvalue weighted by Gasteiger charge is -2.63. The molecule has 2 N–H and O–H groups in total. The van der Waals surface area contributed by atoms with E-state index < -0.39 is 0 Å². The third-order valence-corrected chi connectivity index (χ3v) is 11.8. The number of hydrogen-bond acceptors (Lipinski definition) is 5. The standard InChI is InChI=1S/C27H46N2O3/c1-26-10-8-23(30)24(29-13-15-32-16-14-29)20(26)6-5-18-19(26)7-9-27(2)21(18)17-22(25(27)31)28-11-3-4-12-28/h18-25,30-31H,3-17H2,1-2H3/t18-,19-,20?,21+,22?,23?,24?,25?,26-,27+/m1/s1. The Kier molecular flexibility index (Phi) is 5.70. The Morgan fingerprint density at radius 2 is 1.47 bits per heavy atom. The zero-order chi connectivity index (χ0) is 22.1. The van der Waals surface area contributed by atoms with Crippen LogP contribution in [0.4, 0.5) is 0 Å². The predicted molar refractivity (Wildman–Crippen MR) is 125 cm³/mol. The summed E-state index contributed by atoms with van der Waals surface area (Å²) in [5.74, 6) is 2.81. The van der Waals surface area contributed by atoms with E-state index >= 15 is 0 Å². The van der Waals surface area contributed by atoms with Gasteiger partial charge in [0.15, 0.2) is 0 Å². The van der Waals surface area contributed by atoms with Crippen LogP contribution in [0.5, 0.6) is 0 Å². The molecule has 6 rings (SSSR count). The van der Waals surface area contributed by atoms with Crippen molar-refractivity contribution in [3.05, 3.63) is 0 Å². The van der Waals surface area contributed by atoms with Gasteiger partial charge in [0.05, 0.1) is 25.4 Å². The summed E-state index contributed by atoms with van der Waals surface area (Å²) in [6.07, 6.45) is 10.7. The average Bonchev–Trinajstić information content (AvgIpc) is 3.41. The lowest BCUT2D eigenvalue weighted by Crippen LogP contribution is -2.63. The topological polar surface area (TPSA) is 56.2 Å². The molecule has 2 aliphatic heterocycles. The van der Waals surface area contributed by atoms with E-state index in [-0.39, 0.29) is 17.6 Å². The molecule has 2 saturated heterocycles. The van der Waals surface area contributed by atoms with Crippen LogP contribution in [0.3, 0.4) is 0 Å². The Labute approximate surface area is 194 Å². The van der Waals surface area contributed by atoms with Crippen molar-refractivity contribution in [2.45, 2.75) is 95.9 Å². The smallest absolute Gasteiger partial charge is 0.0751 e. The Balaban J connectivity index is 1.26. The Morgan fingerprint density at radius 1 is 0.750 bits per heavy atom. The highest BCUT2D eigenvalue weighted by atomic mass is 16.5. The highest BCUT2D eigenvalue weighted by Crippen LogP contribution is 2.67. The fraction of sp³-hybridized carbons (Fsp3) is 1.00. The van der Waals surface area contributed by atoms with Crippen LogP contribution in [0.15, 0.2) is 0 Å². The summed E-state index contributed by atoms with van der Waals surface area (Å²) in [6.45, 7) is 11.0. The van der Waals surface area contributed by atoms with Gasteiger partial charge in [0.1, 0.15) is 0 Å². The minimum absolute atomic E-state index is 0.107. The van der Waals surface area contributed by atoms with Crippen LogP contribution in [-0.4, -0.2) is 83.7 Å². The molecule has 4 saturated carbocycles. The number of fused-ring (bicyclic) bond motifs is 5. The van der Waals surface area contributed by atoms with Crippen LogP contribution in [0.2, 0.25) is 0 Å². The van der Waals surface area contributed by atoms with Gasteiger partial charge >= 0.3 is 0 Å². The van der Waals surface area contributed by atoms with Gasteiger partial charge in [0.25, 0.3) is 0 Å². The van der Waals surface area contributed by atoms with E-state index in [0.717, 1.165) is 44.6 Å². The molecular formula is C27H46N2O3. The van der Waals surface area contributed by atoms with Gasteiger partial charge in [-0.3, -0.25) is 9.80 Å². The molecule has 2 heterocycles. The van der Waals surface area contributed by atoms with E-state index in [0.29, 0.717) is 29.3 Å². The van der Waals surface area contributed by atoms with E-state index in [4.69, 9.17) is 4.74 Å². The maximum Gasteiger partial charge on any atom is 0.0751 e. The second kappa shape index (κ2) is 8.19. The van der Waals surface area contributed by atoms with Gasteiger partial charge in [-0.2, -0.15) is 0 Å². The van der Waals surface area contributed by atoms with Crippen molar-refractivity contribution in [1.82, 2.24) is 9.80 Å². The number of rotatable bonds is 2. The summed E-state index contributed by atoms with van der Waals surface area (Å²) >= 11 is 0. The Morgan fingerprint density at radius 3 is 2.22 bits per heavy atom. The molecule has 0 aromatic carbocycles. The van der Waals surface area contributed by atoms with Crippen LogP contribution in [0.1, 0.15) is 71.6 Å². The van der Waals surface area contributed by atoms with Crippen molar-refractivity contribution < 1.29 is 14.9 Å². The molecule has 10 atom stereocenters. The summed E-state index contributed by atoms with van der Waals surface area (Å²) in [6, 6.07) is 0.712. The van der Waals surface area contributed by atoms with Crippen molar-refractivity contribution in [3.8, 4) is 0 Å². The Hall–Kier alpha value is -0.200. The molecule has 32 heavy (non-hydrogen) atoms. The van der Waals surface area contributed by atoms with Gasteiger partial charge in [0.2, 0.25) is 0 Å². The quantitative estimate of drug-likeness (QED) is 0.683. The summed E-state index contributed by atoms with van der Waals surface area (Å²) in [5, 5.41) is 22.7. The van der Waals surface area contributed by atoms with E-state index in [1.165, 1.54) is 64.5 Å². The molecule has 0 amide bonds. The first-order chi connectivity index (χ1) is 15.4. The zero-order valence-corrected chi connectivity index (χ0v) is 20.4. The monoisotopic (exact) mass is 446 g/mol. The number of aliphatic hydroxyl groups is 2. The van der Waals surface area contributed by atoms with E-state index in [1.807, 2.05) is 0 Å². The first kappa shape index (κ1) is 22.3. The van der Waals surface area contributed by atoms with Crippen LogP contribution in [0.25, 0.3) is 0 Å². The van der Waals surface area contributed by atoms with Gasteiger partial charge in [0, 0.05) is 25.2 Å². The maximum atomic E-state index is 11.5. The molecule has 0 spiro atoms. The first-order valence-corrected chi connectivity index (χ1v) is 13.9. The van der Waals surface area contributed by atoms with Crippen molar-refractivity contribution in [2.24, 2.45) is 34.5 Å². The molecular weight excluding hydrogens is 400 g/mol. The predicted octanol–water partition coefficient (Wildman–Crippen LogP) is 3.14. The van der Waals surface area contributed by atoms with Gasteiger partial charge in [-0.1, -0.05) is 13.8 Å². The normalized spacial score (nSPS) is 54.8. The molecule has 0 aromatic heterocycles. The zero-order valence-electron chi connectivity index (χ0n) is 20.4. The van der Waals surface area contributed by atoms with Gasteiger partial charge in [-0.15, -0.1) is 0 Å². The fourth-order valence-electron chi connectivity index (χ4n) is 10.1. The third kappa shape index (κ3) is 3.21. The molecule has 6 fully saturated rings. The minimum atomic E-state index is -0.176. The highest BCUT2D eigenvalue weighted by Gasteiger charge is 2.64. The van der Waals surface area contributed by atoms with E-state index in [2.05, 4.69) is 23.6 Å². The molecule has 5 heteroatoms. The lowest BCUT2D eigenvalue weighted by atomic mass is 9.44. The summed E-state index contributed by atoms with van der Waals surface area (Å²) in [4.78, 5) is 5.20. The third-order valence-electron chi connectivity index (χ3n) is 11.8. The number of ether oxygens (including phenoxy) is 1. The maximum absolute atomic E-state index is 11.5. The molecule has 5 unspecified atom stereocenters. The fourth-order valence-corrected chi connectivity index (χ4v) is 10.1. The van der Waals surface area contributed by atoms with Gasteiger partial charge in [-0.25, -0.2) is 0 Å². The molecule has 182 valence electrons. The molecule has 5 nitrogen and oxygen atoms in total. The molecule has 0 radical (unpaired) electrons. The molecule has 6 aliphatic rings. The average molecular weight is 447 g/mol. The number of likely N-dealkylation sites (tertiary alicyclic amines) is 1. The van der Waals surface area contributed by atoms with Crippen molar-refractivity contribution in [2.75, 3.05) is 39.4 Å². The summed E-state index contributed by atoms with van der Waals surface area (Å²) in [7, 11) is 0. The number of aliphatic hydroxyl groups excluding tert-OH is 2. The molecule has 0 bridgehead atoms. The van der Waals surface area contributed by atoms with Crippen LogP contribution in [0, 0.1) is 34.5 Å². The SMILES string of the molecule is C[C@]12CCC(O)C(N3CCOCC3)C1CC[C@@H]1[C@H]2CC[C@]2(C)C(O)C(N3CCCC3)C[C@@H]12. The Bertz CT molecular complexity index is 692. The first-order valence-electron chi connectivity index (χ1n) is 13.9. The van der Waals surface area contributed by atoms with Crippen LogP contribution >= 0.6 is 0 Å². The van der Waals surface area contributed by atoms with Crippen molar-refractivity contribution in [3.63, 3.8) is 0 Å². The lowest BCUT2D eigenvalue weighted by molar-refractivity contribution is -0.169. The van der Waals surface area contributed by atoms with Gasteiger partial charge in [-0.05, 0) is 105 Å². The van der Waals surface area contributed by atoms with Crippen molar-refractivity contribution >= 4 is 0 Å². The van der Waals surface area contributed by atoms with Crippen LogP contribution < -0.4 is 0 Å². The second-order valence-electron chi connectivity index (χ2n) is 12.8. The largest absolute Gasteiger partial charge is 0.391 e. The van der Waals surface area contributed by atoms with E-state index in [9.17, 15) is 10.2 Å². The molecule has 4 aliphatic carbocycles. The number of nitrogens with zero attached hydrogens (tertiary/aromatic N) is 2. The number of hydrogen-bond donors (Lipinski definition) is 2.